The summed E-state index contributed by atoms with van der Waals surface area (Å²) in [7, 11) is 2.17. The fourth-order valence-corrected chi connectivity index (χ4v) is 2.74. The van der Waals surface area contributed by atoms with Crippen molar-refractivity contribution in [3.05, 3.63) is 30.9 Å². The van der Waals surface area contributed by atoms with Gasteiger partial charge in [0.2, 0.25) is 0 Å². The molecule has 0 radical (unpaired) electrons. The summed E-state index contributed by atoms with van der Waals surface area (Å²) in [6, 6.07) is 4.33. The first-order valence-electron chi connectivity index (χ1n) is 6.66. The van der Waals surface area contributed by atoms with Crippen molar-refractivity contribution in [2.45, 2.75) is 18.9 Å². The van der Waals surface area contributed by atoms with E-state index in [1.54, 1.807) is 0 Å². The van der Waals surface area contributed by atoms with Crippen molar-refractivity contribution in [2.24, 2.45) is 0 Å². The Morgan fingerprint density at radius 1 is 1.32 bits per heavy atom. The molecule has 2 N–H and O–H groups in total. The van der Waals surface area contributed by atoms with Crippen molar-refractivity contribution < 1.29 is 0 Å². The smallest absolute Gasteiger partial charge is 0.123 e. The van der Waals surface area contributed by atoms with Crippen LogP contribution in [0.5, 0.6) is 0 Å². The number of nitrogen functional groups attached to an aromatic ring is 1. The molecule has 100 valence electrons. The molecule has 1 aliphatic heterocycles. The Hall–Kier alpha value is -1.88. The number of aromatic nitrogens is 3. The molecule has 5 nitrogen and oxygen atoms in total. The fourth-order valence-electron chi connectivity index (χ4n) is 2.74. The Balaban J connectivity index is 1.91. The third kappa shape index (κ3) is 2.46. The van der Waals surface area contributed by atoms with E-state index in [0.717, 1.165) is 17.8 Å². The number of imidazole rings is 1. The molecule has 0 aliphatic carbocycles. The number of piperidine rings is 1. The molecule has 0 amide bonds. The minimum atomic E-state index is 0.494. The topological polar surface area (TPSA) is 60.0 Å². The second-order valence-electron chi connectivity index (χ2n) is 5.22. The Morgan fingerprint density at radius 3 is 2.95 bits per heavy atom. The number of nitrogens with two attached hydrogens (primary N) is 1. The lowest BCUT2D eigenvalue weighted by Gasteiger charge is -2.31. The summed E-state index contributed by atoms with van der Waals surface area (Å²) in [5, 5.41) is 0. The number of hydrogen-bond acceptors (Lipinski definition) is 4. The molecule has 3 rings (SSSR count). The molecule has 0 bridgehead atoms. The van der Waals surface area contributed by atoms with E-state index in [9.17, 15) is 0 Å². The first-order chi connectivity index (χ1) is 9.24. The van der Waals surface area contributed by atoms with Gasteiger partial charge in [-0.15, -0.1) is 0 Å². The number of likely N-dealkylation sites (tertiary alicyclic amines) is 1. The molecule has 0 saturated carbocycles. The van der Waals surface area contributed by atoms with Gasteiger partial charge in [0, 0.05) is 24.3 Å². The monoisotopic (exact) mass is 257 g/mol. The van der Waals surface area contributed by atoms with Crippen LogP contribution in [0.1, 0.15) is 18.9 Å². The van der Waals surface area contributed by atoms with Crippen LogP contribution < -0.4 is 5.73 Å². The Kier molecular flexibility index (Phi) is 3.21. The number of anilines is 1. The third-order valence-electron chi connectivity index (χ3n) is 3.74. The SMILES string of the molecule is CN1CCCC(n2cncc2-c2ccc(N)nc2)C1. The standard InChI is InChI=1S/C14H19N5/c1-18-6-2-3-12(9-18)19-10-16-8-13(19)11-4-5-14(15)17-7-11/h4-5,7-8,10,12H,2-3,6,9H2,1H3,(H2,15,17). The summed E-state index contributed by atoms with van der Waals surface area (Å²) >= 11 is 0. The summed E-state index contributed by atoms with van der Waals surface area (Å²) in [6.07, 6.45) is 8.08. The highest BCUT2D eigenvalue weighted by atomic mass is 15.2. The summed E-state index contributed by atoms with van der Waals surface area (Å²) in [6.45, 7) is 2.26. The molecule has 1 saturated heterocycles. The van der Waals surface area contributed by atoms with E-state index >= 15 is 0 Å². The maximum Gasteiger partial charge on any atom is 0.123 e. The predicted octanol–water partition coefficient (Wildman–Crippen LogP) is 1.79. The summed E-state index contributed by atoms with van der Waals surface area (Å²) in [5.41, 5.74) is 7.83. The van der Waals surface area contributed by atoms with Crippen LogP contribution in [0.2, 0.25) is 0 Å². The highest BCUT2D eigenvalue weighted by Crippen LogP contribution is 2.27. The van der Waals surface area contributed by atoms with Crippen LogP contribution in [0.4, 0.5) is 5.82 Å². The molecule has 2 aromatic heterocycles. The van der Waals surface area contributed by atoms with Gasteiger partial charge in [-0.1, -0.05) is 0 Å². The normalized spacial score (nSPS) is 20.6. The molecule has 0 spiro atoms. The van der Waals surface area contributed by atoms with Gasteiger partial charge in [-0.25, -0.2) is 9.97 Å². The maximum absolute atomic E-state index is 5.64. The summed E-state index contributed by atoms with van der Waals surface area (Å²) in [5.74, 6) is 0.548. The van der Waals surface area contributed by atoms with Crippen LogP contribution in [0, 0.1) is 0 Å². The average Bonchev–Trinajstić information content (AvgIpc) is 2.89. The van der Waals surface area contributed by atoms with Gasteiger partial charge in [-0.05, 0) is 38.6 Å². The summed E-state index contributed by atoms with van der Waals surface area (Å²) in [4.78, 5) is 10.8. The molecule has 1 atom stereocenters. The molecule has 0 aromatic carbocycles. The van der Waals surface area contributed by atoms with Crippen LogP contribution in [-0.4, -0.2) is 39.6 Å². The van der Waals surface area contributed by atoms with Gasteiger partial charge in [0.05, 0.1) is 18.2 Å². The van der Waals surface area contributed by atoms with Crippen molar-refractivity contribution in [3.63, 3.8) is 0 Å². The maximum atomic E-state index is 5.64. The predicted molar refractivity (Wildman–Crippen MR) is 75.6 cm³/mol. The molecule has 1 unspecified atom stereocenters. The van der Waals surface area contributed by atoms with E-state index in [-0.39, 0.29) is 0 Å². The van der Waals surface area contributed by atoms with E-state index in [1.165, 1.54) is 19.4 Å². The van der Waals surface area contributed by atoms with Gasteiger partial charge in [-0.2, -0.15) is 0 Å². The second-order valence-corrected chi connectivity index (χ2v) is 5.22. The number of nitrogens with zero attached hydrogens (tertiary/aromatic N) is 4. The zero-order chi connectivity index (χ0) is 13.2. The highest BCUT2D eigenvalue weighted by molar-refractivity contribution is 5.59. The zero-order valence-electron chi connectivity index (χ0n) is 11.2. The van der Waals surface area contributed by atoms with Gasteiger partial charge in [0.1, 0.15) is 5.82 Å². The van der Waals surface area contributed by atoms with E-state index in [0.29, 0.717) is 11.9 Å². The fraction of sp³-hybridized carbons (Fsp3) is 0.429. The Morgan fingerprint density at radius 2 is 2.21 bits per heavy atom. The van der Waals surface area contributed by atoms with Gasteiger partial charge in [0.25, 0.3) is 0 Å². The molecule has 1 fully saturated rings. The van der Waals surface area contributed by atoms with Gasteiger partial charge in [-0.3, -0.25) is 0 Å². The lowest BCUT2D eigenvalue weighted by atomic mass is 10.1. The van der Waals surface area contributed by atoms with Crippen LogP contribution in [0.15, 0.2) is 30.9 Å². The first kappa shape index (κ1) is 12.2. The lowest BCUT2D eigenvalue weighted by Crippen LogP contribution is -2.33. The van der Waals surface area contributed by atoms with Crippen molar-refractivity contribution >= 4 is 5.82 Å². The molecule has 1 aliphatic rings. The van der Waals surface area contributed by atoms with E-state index in [4.69, 9.17) is 5.73 Å². The van der Waals surface area contributed by atoms with Crippen molar-refractivity contribution in [1.29, 1.82) is 0 Å². The second kappa shape index (κ2) is 5.01. The molecule has 19 heavy (non-hydrogen) atoms. The van der Waals surface area contributed by atoms with Gasteiger partial charge in [0.15, 0.2) is 0 Å². The van der Waals surface area contributed by atoms with E-state index in [2.05, 4.69) is 26.5 Å². The van der Waals surface area contributed by atoms with Crippen LogP contribution >= 0.6 is 0 Å². The van der Waals surface area contributed by atoms with Gasteiger partial charge >= 0.3 is 0 Å². The molecular weight excluding hydrogens is 238 g/mol. The number of rotatable bonds is 2. The molecule has 2 aromatic rings. The number of hydrogen-bond donors (Lipinski definition) is 1. The van der Waals surface area contributed by atoms with Crippen molar-refractivity contribution in [3.8, 4) is 11.3 Å². The zero-order valence-corrected chi connectivity index (χ0v) is 11.2. The van der Waals surface area contributed by atoms with Crippen molar-refractivity contribution in [1.82, 2.24) is 19.4 Å². The quantitative estimate of drug-likeness (QED) is 0.891. The third-order valence-corrected chi connectivity index (χ3v) is 3.74. The minimum Gasteiger partial charge on any atom is -0.384 e. The van der Waals surface area contributed by atoms with Gasteiger partial charge < -0.3 is 15.2 Å². The number of likely N-dealkylation sites (N-methyl/N-ethyl adjacent to an activating group) is 1. The largest absolute Gasteiger partial charge is 0.384 e. The van der Waals surface area contributed by atoms with Crippen LogP contribution in [0.3, 0.4) is 0 Å². The Bertz CT molecular complexity index is 545. The molecular formula is C14H19N5. The van der Waals surface area contributed by atoms with E-state index < -0.39 is 0 Å². The summed E-state index contributed by atoms with van der Waals surface area (Å²) < 4.78 is 2.27. The van der Waals surface area contributed by atoms with Crippen LogP contribution in [-0.2, 0) is 0 Å². The highest BCUT2D eigenvalue weighted by Gasteiger charge is 2.20. The van der Waals surface area contributed by atoms with Crippen LogP contribution in [0.25, 0.3) is 11.3 Å². The van der Waals surface area contributed by atoms with Crippen molar-refractivity contribution in [2.75, 3.05) is 25.9 Å². The Labute approximate surface area is 113 Å². The number of pyridine rings is 1. The first-order valence-corrected chi connectivity index (χ1v) is 6.66. The minimum absolute atomic E-state index is 0.494. The van der Waals surface area contributed by atoms with E-state index in [1.807, 2.05) is 30.9 Å². The lowest BCUT2D eigenvalue weighted by molar-refractivity contribution is 0.213. The molecule has 5 heteroatoms. The molecule has 3 heterocycles. The average molecular weight is 257 g/mol.